The molecule has 1 atom stereocenters. The second-order valence-electron chi connectivity index (χ2n) is 7.70. The first kappa shape index (κ1) is 17.3. The smallest absolute Gasteiger partial charge is 0.0566 e. The lowest BCUT2D eigenvalue weighted by molar-refractivity contribution is 0.386. The molecule has 0 aliphatic rings. The van der Waals surface area contributed by atoms with E-state index in [1.807, 2.05) is 0 Å². The van der Waals surface area contributed by atoms with E-state index in [0.29, 0.717) is 0 Å². The van der Waals surface area contributed by atoms with E-state index < -0.39 is 0 Å². The molecule has 0 heterocycles. The summed E-state index contributed by atoms with van der Waals surface area (Å²) >= 11 is 0. The Kier molecular flexibility index (Phi) is 4.99. The van der Waals surface area contributed by atoms with Gasteiger partial charge in [-0.15, -0.1) is 0 Å². The fraction of sp³-hybridized carbons (Fsp3) is 0.364. The lowest BCUT2D eigenvalue weighted by atomic mass is 9.72. The predicted molar refractivity (Wildman–Crippen MR) is 101 cm³/mol. The molecule has 0 bridgehead atoms. The second kappa shape index (κ2) is 6.62. The Balaban J connectivity index is 2.49. The van der Waals surface area contributed by atoms with Crippen molar-refractivity contribution in [2.24, 2.45) is 5.41 Å². The van der Waals surface area contributed by atoms with E-state index in [1.165, 1.54) is 16.7 Å². The summed E-state index contributed by atoms with van der Waals surface area (Å²) in [5.74, 6) is 0. The normalized spacial score (nSPS) is 14.1. The standard InChI is InChI=1S/C22H29N/c1-17-12-10-11-15-20(17)22(6,19-13-8-7-9-14-19)18(2)23-16-21(3,4)5/h7-15,23H,2,16H2,1,3-6H3. The van der Waals surface area contributed by atoms with Crippen LogP contribution in [0.4, 0.5) is 0 Å². The van der Waals surface area contributed by atoms with Gasteiger partial charge in [-0.3, -0.25) is 0 Å². The third-order valence-electron chi connectivity index (χ3n) is 4.47. The zero-order valence-corrected chi connectivity index (χ0v) is 15.1. The van der Waals surface area contributed by atoms with Gasteiger partial charge in [0, 0.05) is 12.2 Å². The third kappa shape index (κ3) is 3.85. The second-order valence-corrected chi connectivity index (χ2v) is 7.70. The van der Waals surface area contributed by atoms with E-state index in [9.17, 15) is 0 Å². The summed E-state index contributed by atoms with van der Waals surface area (Å²) in [5.41, 5.74) is 4.87. The Bertz CT molecular complexity index is 664. The van der Waals surface area contributed by atoms with Crippen LogP contribution in [0, 0.1) is 12.3 Å². The molecule has 0 aliphatic carbocycles. The van der Waals surface area contributed by atoms with Gasteiger partial charge >= 0.3 is 0 Å². The number of hydrogen-bond acceptors (Lipinski definition) is 1. The van der Waals surface area contributed by atoms with Crippen molar-refractivity contribution in [2.75, 3.05) is 6.54 Å². The van der Waals surface area contributed by atoms with E-state index >= 15 is 0 Å². The molecule has 2 aromatic carbocycles. The fourth-order valence-electron chi connectivity index (χ4n) is 2.95. The molecule has 0 fully saturated rings. The topological polar surface area (TPSA) is 12.0 Å². The molecule has 0 aliphatic heterocycles. The average Bonchev–Trinajstić information content (AvgIpc) is 2.52. The van der Waals surface area contributed by atoms with Crippen LogP contribution in [0.25, 0.3) is 0 Å². The molecule has 1 heteroatoms. The van der Waals surface area contributed by atoms with Crippen molar-refractivity contribution in [2.45, 2.75) is 40.0 Å². The largest absolute Gasteiger partial charge is 0.387 e. The van der Waals surface area contributed by atoms with Crippen molar-refractivity contribution >= 4 is 0 Å². The van der Waals surface area contributed by atoms with E-state index in [1.54, 1.807) is 0 Å². The monoisotopic (exact) mass is 307 g/mol. The van der Waals surface area contributed by atoms with Gasteiger partial charge < -0.3 is 5.32 Å². The maximum absolute atomic E-state index is 4.41. The van der Waals surface area contributed by atoms with Crippen LogP contribution >= 0.6 is 0 Å². The van der Waals surface area contributed by atoms with Gasteiger partial charge in [-0.2, -0.15) is 0 Å². The van der Waals surface area contributed by atoms with Gasteiger partial charge in [0.05, 0.1) is 5.41 Å². The van der Waals surface area contributed by atoms with Crippen LogP contribution in [-0.2, 0) is 5.41 Å². The average molecular weight is 307 g/mol. The van der Waals surface area contributed by atoms with Crippen LogP contribution in [0.3, 0.4) is 0 Å². The van der Waals surface area contributed by atoms with Crippen molar-refractivity contribution < 1.29 is 0 Å². The van der Waals surface area contributed by atoms with Crippen LogP contribution in [0.2, 0.25) is 0 Å². The summed E-state index contributed by atoms with van der Waals surface area (Å²) in [5, 5.41) is 3.59. The van der Waals surface area contributed by atoms with Crippen LogP contribution in [0.15, 0.2) is 66.9 Å². The molecule has 0 spiro atoms. The van der Waals surface area contributed by atoms with Gasteiger partial charge in [0.15, 0.2) is 0 Å². The highest BCUT2D eigenvalue weighted by molar-refractivity contribution is 5.49. The number of rotatable bonds is 5. The molecule has 1 unspecified atom stereocenters. The van der Waals surface area contributed by atoms with E-state index in [0.717, 1.165) is 12.2 Å². The molecule has 1 nitrogen and oxygen atoms in total. The molecule has 1 N–H and O–H groups in total. The van der Waals surface area contributed by atoms with Gasteiger partial charge in [-0.25, -0.2) is 0 Å². The summed E-state index contributed by atoms with van der Waals surface area (Å²) in [6.45, 7) is 16.5. The van der Waals surface area contributed by atoms with E-state index in [-0.39, 0.29) is 10.8 Å². The van der Waals surface area contributed by atoms with Crippen LogP contribution in [-0.4, -0.2) is 6.54 Å². The Morgan fingerprint density at radius 3 is 2.04 bits per heavy atom. The molecule has 0 radical (unpaired) electrons. The first-order chi connectivity index (χ1) is 10.7. The molecule has 0 aromatic heterocycles. The van der Waals surface area contributed by atoms with Gasteiger partial charge in [-0.1, -0.05) is 81.9 Å². The molecule has 2 aromatic rings. The molecular weight excluding hydrogens is 278 g/mol. The summed E-state index contributed by atoms with van der Waals surface area (Å²) < 4.78 is 0. The Morgan fingerprint density at radius 1 is 0.913 bits per heavy atom. The van der Waals surface area contributed by atoms with Gasteiger partial charge in [0.1, 0.15) is 0 Å². The maximum Gasteiger partial charge on any atom is 0.0566 e. The summed E-state index contributed by atoms with van der Waals surface area (Å²) in [7, 11) is 0. The SMILES string of the molecule is C=C(NCC(C)(C)C)C(C)(c1ccccc1)c1ccccc1C. The maximum atomic E-state index is 4.41. The van der Waals surface area contributed by atoms with Crippen LogP contribution < -0.4 is 5.32 Å². The van der Waals surface area contributed by atoms with E-state index in [2.05, 4.69) is 101 Å². The van der Waals surface area contributed by atoms with Crippen molar-refractivity contribution in [3.8, 4) is 0 Å². The quantitative estimate of drug-likeness (QED) is 0.774. The molecule has 0 saturated carbocycles. The van der Waals surface area contributed by atoms with Gasteiger partial charge in [0.25, 0.3) is 0 Å². The minimum Gasteiger partial charge on any atom is -0.387 e. The number of benzene rings is 2. The first-order valence-electron chi connectivity index (χ1n) is 8.30. The van der Waals surface area contributed by atoms with Crippen LogP contribution in [0.1, 0.15) is 44.4 Å². The highest BCUT2D eigenvalue weighted by Crippen LogP contribution is 2.38. The lowest BCUT2D eigenvalue weighted by Gasteiger charge is -2.36. The third-order valence-corrected chi connectivity index (χ3v) is 4.47. The molecule has 2 rings (SSSR count). The highest BCUT2D eigenvalue weighted by Gasteiger charge is 2.33. The first-order valence-corrected chi connectivity index (χ1v) is 8.30. The minimum absolute atomic E-state index is 0.215. The molecule has 0 amide bonds. The zero-order chi connectivity index (χ0) is 17.1. The predicted octanol–water partition coefficient (Wildman–Crippen LogP) is 5.45. The number of hydrogen-bond donors (Lipinski definition) is 1. The Labute approximate surface area is 141 Å². The zero-order valence-electron chi connectivity index (χ0n) is 15.1. The summed E-state index contributed by atoms with van der Waals surface area (Å²) in [6.07, 6.45) is 0. The Hall–Kier alpha value is -2.02. The minimum atomic E-state index is -0.252. The van der Waals surface area contributed by atoms with Gasteiger partial charge in [-0.05, 0) is 36.0 Å². The number of allylic oxidation sites excluding steroid dienone is 1. The molecule has 122 valence electrons. The van der Waals surface area contributed by atoms with Gasteiger partial charge in [0.2, 0.25) is 0 Å². The molecule has 0 saturated heterocycles. The summed E-state index contributed by atoms with van der Waals surface area (Å²) in [6, 6.07) is 19.2. The van der Waals surface area contributed by atoms with Crippen LogP contribution in [0.5, 0.6) is 0 Å². The van der Waals surface area contributed by atoms with Crippen molar-refractivity contribution in [1.82, 2.24) is 5.32 Å². The van der Waals surface area contributed by atoms with Crippen molar-refractivity contribution in [3.05, 3.63) is 83.6 Å². The molecular formula is C22H29N. The molecule has 23 heavy (non-hydrogen) atoms. The summed E-state index contributed by atoms with van der Waals surface area (Å²) in [4.78, 5) is 0. The van der Waals surface area contributed by atoms with Crippen molar-refractivity contribution in [3.63, 3.8) is 0 Å². The Morgan fingerprint density at radius 2 is 1.48 bits per heavy atom. The van der Waals surface area contributed by atoms with Crippen molar-refractivity contribution in [1.29, 1.82) is 0 Å². The highest BCUT2D eigenvalue weighted by atomic mass is 14.9. The number of aryl methyl sites for hydroxylation is 1. The number of nitrogens with one attached hydrogen (secondary N) is 1. The lowest BCUT2D eigenvalue weighted by Crippen LogP contribution is -2.37. The fourth-order valence-corrected chi connectivity index (χ4v) is 2.95. The van der Waals surface area contributed by atoms with E-state index in [4.69, 9.17) is 0 Å².